The molecule has 3 aromatic heterocycles. The highest BCUT2D eigenvalue weighted by Gasteiger charge is 2.16. The molecule has 0 fully saturated rings. The van der Waals surface area contributed by atoms with Crippen molar-refractivity contribution in [2.24, 2.45) is 0 Å². The summed E-state index contributed by atoms with van der Waals surface area (Å²) in [7, 11) is 3.34. The van der Waals surface area contributed by atoms with E-state index in [0.717, 1.165) is 79.4 Å². The van der Waals surface area contributed by atoms with E-state index in [9.17, 15) is 4.79 Å². The minimum absolute atomic E-state index is 0.0913. The van der Waals surface area contributed by atoms with Gasteiger partial charge in [-0.1, -0.05) is 61.2 Å². The minimum atomic E-state index is -0.0913. The largest absolute Gasteiger partial charge is 0.497 e. The molecule has 4 aromatic carbocycles. The van der Waals surface area contributed by atoms with Gasteiger partial charge in [-0.15, -0.1) is 11.3 Å². The minimum Gasteiger partial charge on any atom is -0.497 e. The van der Waals surface area contributed by atoms with Crippen molar-refractivity contribution in [3.05, 3.63) is 131 Å². The quantitative estimate of drug-likeness (QED) is 0.0908. The number of carbonyl (C=O) groups is 1. The number of ether oxygens (including phenoxy) is 2. The molecule has 0 saturated carbocycles. The first-order chi connectivity index (χ1) is 26.9. The molecule has 7 rings (SSSR count). The van der Waals surface area contributed by atoms with Crippen LogP contribution in [0.25, 0.3) is 33.1 Å². The second-order valence-electron chi connectivity index (χ2n) is 13.2. The van der Waals surface area contributed by atoms with Crippen LogP contribution in [0.5, 0.6) is 5.75 Å². The number of carbonyl (C=O) groups excluding carboxylic acids is 1. The Labute approximate surface area is 329 Å². The molecule has 7 aromatic rings. The summed E-state index contributed by atoms with van der Waals surface area (Å²) in [4.78, 5) is 29.4. The average Bonchev–Trinajstić information content (AvgIpc) is 3.95. The van der Waals surface area contributed by atoms with Gasteiger partial charge in [-0.2, -0.15) is 0 Å². The second-order valence-corrected chi connectivity index (χ2v) is 15.0. The predicted octanol–water partition coefficient (Wildman–Crippen LogP) is 9.12. The summed E-state index contributed by atoms with van der Waals surface area (Å²) >= 11 is 3.38. The number of aromatic nitrogens is 4. The number of nitrogens with one attached hydrogen (secondary N) is 1. The van der Waals surface area contributed by atoms with Crippen molar-refractivity contribution < 1.29 is 18.7 Å². The summed E-state index contributed by atoms with van der Waals surface area (Å²) in [6.07, 6.45) is 2.47. The first-order valence-corrected chi connectivity index (χ1v) is 20.1. The highest BCUT2D eigenvalue weighted by atomic mass is 32.2. The van der Waals surface area contributed by atoms with E-state index in [-0.39, 0.29) is 12.5 Å². The summed E-state index contributed by atoms with van der Waals surface area (Å²) in [5, 5.41) is 7.08. The van der Waals surface area contributed by atoms with Crippen molar-refractivity contribution in [1.29, 1.82) is 0 Å². The third-order valence-corrected chi connectivity index (χ3v) is 11.2. The SMILES string of the molecule is CCN(CC(=O)Nc1ccc(OC)cc1)Cc1coc(-c2ccc(Cc3cccc(-c4nc(CSc5nc6ccccc6n5CCOC)cs4)c3)cc2C)n1. The predicted molar refractivity (Wildman–Crippen MR) is 221 cm³/mol. The monoisotopic (exact) mass is 772 g/mol. The molecule has 0 atom stereocenters. The molecule has 0 bridgehead atoms. The standard InChI is InChI=1S/C43H44N6O4S2/c1-5-48(25-40(50)44-33-14-16-36(52-4)17-15-33)24-34-26-53-41(45-34)37-18-13-31(21-29(37)2)22-30-9-8-10-32(23-30)42-46-35(27-54-42)28-55-43-47-38-11-6-7-12-39(38)49(43)19-20-51-3/h6-18,21,23,26-27H,5,19-20,22,24-25,28H2,1-4H3,(H,44,50). The van der Waals surface area contributed by atoms with Crippen LogP contribution in [0, 0.1) is 6.92 Å². The van der Waals surface area contributed by atoms with Crippen LogP contribution in [-0.2, 0) is 34.8 Å². The first kappa shape index (κ1) is 38.0. The van der Waals surface area contributed by atoms with Crippen molar-refractivity contribution in [3.63, 3.8) is 0 Å². The Morgan fingerprint density at radius 1 is 0.945 bits per heavy atom. The van der Waals surface area contributed by atoms with E-state index in [4.69, 9.17) is 28.8 Å². The van der Waals surface area contributed by atoms with Gasteiger partial charge in [0.2, 0.25) is 11.8 Å². The van der Waals surface area contributed by atoms with Gasteiger partial charge in [-0.05, 0) is 85.1 Å². The molecule has 282 valence electrons. The normalized spacial score (nSPS) is 11.4. The molecule has 0 radical (unpaired) electrons. The van der Waals surface area contributed by atoms with E-state index in [1.807, 2.05) is 48.2 Å². The molecule has 1 amide bonds. The molecule has 0 unspecified atom stereocenters. The number of para-hydroxylation sites is 2. The number of amides is 1. The van der Waals surface area contributed by atoms with Gasteiger partial charge in [0, 0.05) is 48.1 Å². The zero-order valence-electron chi connectivity index (χ0n) is 31.5. The Morgan fingerprint density at radius 3 is 2.58 bits per heavy atom. The fourth-order valence-electron chi connectivity index (χ4n) is 6.42. The van der Waals surface area contributed by atoms with Crippen molar-refractivity contribution >= 4 is 45.7 Å². The number of benzene rings is 4. The van der Waals surface area contributed by atoms with Crippen LogP contribution in [0.1, 0.15) is 35.0 Å². The summed E-state index contributed by atoms with van der Waals surface area (Å²) in [6, 6.07) is 30.6. The van der Waals surface area contributed by atoms with Crippen molar-refractivity contribution in [1.82, 2.24) is 24.4 Å². The maximum Gasteiger partial charge on any atom is 0.238 e. The van der Waals surface area contributed by atoms with Crippen molar-refractivity contribution in [2.75, 3.05) is 39.2 Å². The molecular formula is C43H44N6O4S2. The Balaban J connectivity index is 0.953. The molecule has 3 heterocycles. The maximum atomic E-state index is 12.7. The summed E-state index contributed by atoms with van der Waals surface area (Å²) in [6.45, 7) is 6.93. The highest BCUT2D eigenvalue weighted by molar-refractivity contribution is 7.98. The van der Waals surface area contributed by atoms with Gasteiger partial charge in [0.25, 0.3) is 0 Å². The lowest BCUT2D eigenvalue weighted by atomic mass is 9.99. The number of likely N-dealkylation sites (N-methyl/N-ethyl adjacent to an activating group) is 1. The van der Waals surface area contributed by atoms with E-state index in [0.29, 0.717) is 25.6 Å². The zero-order valence-corrected chi connectivity index (χ0v) is 33.1. The summed E-state index contributed by atoms with van der Waals surface area (Å²) in [5.74, 6) is 1.96. The second kappa shape index (κ2) is 17.9. The van der Waals surface area contributed by atoms with Crippen LogP contribution in [0.4, 0.5) is 5.69 Å². The highest BCUT2D eigenvalue weighted by Crippen LogP contribution is 2.31. The number of hydrogen-bond acceptors (Lipinski definition) is 10. The van der Waals surface area contributed by atoms with Gasteiger partial charge in [0.1, 0.15) is 17.0 Å². The molecule has 12 heteroatoms. The topological polar surface area (TPSA) is 108 Å². The van der Waals surface area contributed by atoms with E-state index < -0.39 is 0 Å². The molecule has 10 nitrogen and oxygen atoms in total. The van der Waals surface area contributed by atoms with E-state index in [1.165, 1.54) is 11.1 Å². The summed E-state index contributed by atoms with van der Waals surface area (Å²) in [5.41, 5.74) is 10.2. The number of fused-ring (bicyclic) bond motifs is 1. The fourth-order valence-corrected chi connectivity index (χ4v) is 8.28. The molecule has 0 aliphatic rings. The zero-order chi connectivity index (χ0) is 38.1. The molecule has 0 spiro atoms. The lowest BCUT2D eigenvalue weighted by molar-refractivity contribution is -0.117. The molecular weight excluding hydrogens is 729 g/mol. The third-order valence-electron chi connectivity index (χ3n) is 9.27. The Kier molecular flexibility index (Phi) is 12.4. The number of nitrogens with zero attached hydrogens (tertiary/aromatic N) is 5. The summed E-state index contributed by atoms with van der Waals surface area (Å²) < 4.78 is 18.7. The Hall–Kier alpha value is -5.27. The number of hydrogen-bond donors (Lipinski definition) is 1. The number of rotatable bonds is 17. The molecule has 0 saturated heterocycles. The molecule has 0 aliphatic heterocycles. The van der Waals surface area contributed by atoms with Gasteiger partial charge in [-0.3, -0.25) is 9.69 Å². The van der Waals surface area contributed by atoms with Gasteiger partial charge in [0.05, 0.1) is 42.7 Å². The number of aryl methyl sites for hydroxylation is 1. The van der Waals surface area contributed by atoms with E-state index >= 15 is 0 Å². The lowest BCUT2D eigenvalue weighted by Crippen LogP contribution is -2.32. The van der Waals surface area contributed by atoms with Gasteiger partial charge in [-0.25, -0.2) is 15.0 Å². The Bertz CT molecular complexity index is 2370. The van der Waals surface area contributed by atoms with E-state index in [2.05, 4.69) is 76.8 Å². The number of thioether (sulfide) groups is 1. The van der Waals surface area contributed by atoms with Crippen molar-refractivity contribution in [3.8, 4) is 27.8 Å². The van der Waals surface area contributed by atoms with Crippen LogP contribution in [-0.4, -0.2) is 64.2 Å². The number of anilines is 1. The number of oxazole rings is 1. The van der Waals surface area contributed by atoms with Crippen LogP contribution >= 0.6 is 23.1 Å². The lowest BCUT2D eigenvalue weighted by Gasteiger charge is -2.18. The fraction of sp³-hybridized carbons (Fsp3) is 0.256. The first-order valence-electron chi connectivity index (χ1n) is 18.2. The van der Waals surface area contributed by atoms with Crippen LogP contribution in [0.15, 0.2) is 112 Å². The number of imidazole rings is 1. The number of methoxy groups -OCH3 is 2. The smallest absolute Gasteiger partial charge is 0.238 e. The van der Waals surface area contributed by atoms with Crippen molar-refractivity contribution in [2.45, 2.75) is 44.3 Å². The van der Waals surface area contributed by atoms with Crippen LogP contribution in [0.2, 0.25) is 0 Å². The third kappa shape index (κ3) is 9.52. The van der Waals surface area contributed by atoms with Crippen LogP contribution in [0.3, 0.4) is 0 Å². The molecule has 0 aliphatic carbocycles. The molecule has 55 heavy (non-hydrogen) atoms. The van der Waals surface area contributed by atoms with Gasteiger partial charge in [0.15, 0.2) is 5.16 Å². The van der Waals surface area contributed by atoms with Gasteiger partial charge >= 0.3 is 0 Å². The average molecular weight is 773 g/mol. The van der Waals surface area contributed by atoms with Gasteiger partial charge < -0.3 is 23.8 Å². The maximum absolute atomic E-state index is 12.7. The van der Waals surface area contributed by atoms with Crippen LogP contribution < -0.4 is 10.1 Å². The van der Waals surface area contributed by atoms with E-state index in [1.54, 1.807) is 43.6 Å². The number of thiazole rings is 1. The Morgan fingerprint density at radius 2 is 1.78 bits per heavy atom. The molecule has 1 N–H and O–H groups in total.